The van der Waals surface area contributed by atoms with E-state index in [2.05, 4.69) is 43.1 Å². The van der Waals surface area contributed by atoms with Gasteiger partial charge in [0, 0.05) is 11.6 Å². The van der Waals surface area contributed by atoms with Gasteiger partial charge in [-0.05, 0) is 36.8 Å². The fourth-order valence-electron chi connectivity index (χ4n) is 2.35. The van der Waals surface area contributed by atoms with Gasteiger partial charge >= 0.3 is 0 Å². The van der Waals surface area contributed by atoms with Gasteiger partial charge in [0.2, 0.25) is 0 Å². The number of para-hydroxylation sites is 1. The highest BCUT2D eigenvalue weighted by atomic mass is 16.3. The summed E-state index contributed by atoms with van der Waals surface area (Å²) in [6.07, 6.45) is 4.20. The molecule has 0 amide bonds. The fourth-order valence-corrected chi connectivity index (χ4v) is 2.35. The second kappa shape index (κ2) is 5.96. The van der Waals surface area contributed by atoms with E-state index in [0.29, 0.717) is 5.92 Å². The summed E-state index contributed by atoms with van der Waals surface area (Å²) in [6, 6.07) is 10.3. The number of aliphatic hydroxyl groups excluding tert-OH is 1. The number of pyridine rings is 1. The van der Waals surface area contributed by atoms with E-state index in [-0.39, 0.29) is 6.10 Å². The molecular formula is C16H21NO. The predicted molar refractivity (Wildman–Crippen MR) is 75.5 cm³/mol. The Labute approximate surface area is 109 Å². The third-order valence-corrected chi connectivity index (χ3v) is 3.21. The van der Waals surface area contributed by atoms with E-state index in [4.69, 9.17) is 0 Å². The van der Waals surface area contributed by atoms with E-state index in [0.717, 1.165) is 24.8 Å². The first kappa shape index (κ1) is 13.0. The Balaban J connectivity index is 2.08. The third-order valence-electron chi connectivity index (χ3n) is 3.21. The van der Waals surface area contributed by atoms with Crippen molar-refractivity contribution in [2.45, 2.75) is 39.2 Å². The van der Waals surface area contributed by atoms with Crippen molar-refractivity contribution < 1.29 is 5.11 Å². The highest BCUT2D eigenvalue weighted by Gasteiger charge is 2.08. The summed E-state index contributed by atoms with van der Waals surface area (Å²) < 4.78 is 0. The third kappa shape index (κ3) is 3.30. The van der Waals surface area contributed by atoms with Gasteiger partial charge in [-0.15, -0.1) is 0 Å². The van der Waals surface area contributed by atoms with Crippen LogP contribution in [0.3, 0.4) is 0 Å². The van der Waals surface area contributed by atoms with Crippen LogP contribution < -0.4 is 0 Å². The minimum atomic E-state index is -0.205. The molecule has 2 heteroatoms. The molecular weight excluding hydrogens is 222 g/mol. The highest BCUT2D eigenvalue weighted by molar-refractivity contribution is 5.81. The number of aliphatic hydroxyl groups is 1. The fraction of sp³-hybridized carbons (Fsp3) is 0.438. The number of fused-ring (bicyclic) bond motifs is 1. The van der Waals surface area contributed by atoms with Crippen LogP contribution in [0, 0.1) is 5.92 Å². The summed E-state index contributed by atoms with van der Waals surface area (Å²) in [6.45, 7) is 4.28. The van der Waals surface area contributed by atoms with Gasteiger partial charge in [0.05, 0.1) is 11.6 Å². The first-order valence-electron chi connectivity index (χ1n) is 6.67. The zero-order valence-electron chi connectivity index (χ0n) is 11.1. The molecule has 18 heavy (non-hydrogen) atoms. The van der Waals surface area contributed by atoms with E-state index < -0.39 is 0 Å². The van der Waals surface area contributed by atoms with Crippen molar-refractivity contribution in [1.29, 1.82) is 0 Å². The molecule has 1 aromatic carbocycles. The zero-order chi connectivity index (χ0) is 13.0. The van der Waals surface area contributed by atoms with Crippen molar-refractivity contribution in [3.8, 4) is 0 Å². The van der Waals surface area contributed by atoms with Crippen molar-refractivity contribution in [2.24, 2.45) is 5.92 Å². The van der Waals surface area contributed by atoms with Crippen molar-refractivity contribution in [1.82, 2.24) is 4.98 Å². The SMILES string of the molecule is CC(C)CC(O)CCc1cccc2cccnc12. The molecule has 0 saturated carbocycles. The van der Waals surface area contributed by atoms with E-state index in [1.807, 2.05) is 12.3 Å². The van der Waals surface area contributed by atoms with E-state index in [1.165, 1.54) is 10.9 Å². The molecule has 0 spiro atoms. The summed E-state index contributed by atoms with van der Waals surface area (Å²) in [5, 5.41) is 11.1. The number of nitrogens with zero attached hydrogens (tertiary/aromatic N) is 1. The van der Waals surface area contributed by atoms with Crippen LogP contribution in [0.2, 0.25) is 0 Å². The molecule has 1 atom stereocenters. The summed E-state index contributed by atoms with van der Waals surface area (Å²) in [5.74, 6) is 0.547. The van der Waals surface area contributed by atoms with Crippen molar-refractivity contribution >= 4 is 10.9 Å². The Morgan fingerprint density at radius 1 is 1.17 bits per heavy atom. The maximum Gasteiger partial charge on any atom is 0.0733 e. The van der Waals surface area contributed by atoms with Crippen LogP contribution >= 0.6 is 0 Å². The lowest BCUT2D eigenvalue weighted by atomic mass is 9.98. The molecule has 0 aliphatic carbocycles. The second-order valence-corrected chi connectivity index (χ2v) is 5.31. The van der Waals surface area contributed by atoms with Crippen LogP contribution in [0.4, 0.5) is 0 Å². The maximum atomic E-state index is 9.93. The van der Waals surface area contributed by atoms with Gasteiger partial charge < -0.3 is 5.11 Å². The molecule has 2 aromatic rings. The molecule has 0 radical (unpaired) electrons. The Kier molecular flexibility index (Phi) is 4.32. The lowest BCUT2D eigenvalue weighted by molar-refractivity contribution is 0.140. The number of hydrogen-bond donors (Lipinski definition) is 1. The first-order chi connectivity index (χ1) is 8.66. The minimum Gasteiger partial charge on any atom is -0.393 e. The van der Waals surface area contributed by atoms with Crippen LogP contribution in [0.1, 0.15) is 32.3 Å². The summed E-state index contributed by atoms with van der Waals surface area (Å²) in [5.41, 5.74) is 2.30. The smallest absolute Gasteiger partial charge is 0.0733 e. The number of aromatic nitrogens is 1. The van der Waals surface area contributed by atoms with Gasteiger partial charge in [0.15, 0.2) is 0 Å². The Bertz CT molecular complexity index is 502. The molecule has 0 aliphatic rings. The van der Waals surface area contributed by atoms with Gasteiger partial charge in [-0.3, -0.25) is 4.98 Å². The average Bonchev–Trinajstić information content (AvgIpc) is 2.35. The van der Waals surface area contributed by atoms with E-state index in [1.54, 1.807) is 0 Å². The maximum absolute atomic E-state index is 9.93. The van der Waals surface area contributed by atoms with E-state index in [9.17, 15) is 5.11 Å². The topological polar surface area (TPSA) is 33.1 Å². The average molecular weight is 243 g/mol. The Morgan fingerprint density at radius 2 is 1.94 bits per heavy atom. The van der Waals surface area contributed by atoms with Gasteiger partial charge in [-0.1, -0.05) is 38.1 Å². The summed E-state index contributed by atoms with van der Waals surface area (Å²) in [4.78, 5) is 4.44. The minimum absolute atomic E-state index is 0.205. The molecule has 0 bridgehead atoms. The molecule has 0 fully saturated rings. The van der Waals surface area contributed by atoms with Gasteiger partial charge in [0.1, 0.15) is 0 Å². The van der Waals surface area contributed by atoms with Gasteiger partial charge in [-0.2, -0.15) is 0 Å². The molecule has 0 saturated heterocycles. The zero-order valence-corrected chi connectivity index (χ0v) is 11.1. The number of rotatable bonds is 5. The molecule has 2 nitrogen and oxygen atoms in total. The summed E-state index contributed by atoms with van der Waals surface area (Å²) >= 11 is 0. The highest BCUT2D eigenvalue weighted by Crippen LogP contribution is 2.19. The van der Waals surface area contributed by atoms with Crippen LogP contribution in [-0.2, 0) is 6.42 Å². The van der Waals surface area contributed by atoms with Crippen LogP contribution in [0.15, 0.2) is 36.5 Å². The normalized spacial score (nSPS) is 13.1. The quantitative estimate of drug-likeness (QED) is 0.870. The largest absolute Gasteiger partial charge is 0.393 e. The van der Waals surface area contributed by atoms with Crippen molar-refractivity contribution in [3.05, 3.63) is 42.1 Å². The number of benzene rings is 1. The lowest BCUT2D eigenvalue weighted by Crippen LogP contribution is -2.11. The Hall–Kier alpha value is -1.41. The van der Waals surface area contributed by atoms with Crippen molar-refractivity contribution in [3.63, 3.8) is 0 Å². The lowest BCUT2D eigenvalue weighted by Gasteiger charge is -2.13. The Morgan fingerprint density at radius 3 is 2.72 bits per heavy atom. The predicted octanol–water partition coefficient (Wildman–Crippen LogP) is 3.57. The molecule has 2 rings (SSSR count). The molecule has 1 unspecified atom stereocenters. The monoisotopic (exact) mass is 243 g/mol. The molecule has 1 N–H and O–H groups in total. The van der Waals surface area contributed by atoms with Crippen LogP contribution in [0.25, 0.3) is 10.9 Å². The van der Waals surface area contributed by atoms with Gasteiger partial charge in [0.25, 0.3) is 0 Å². The standard InChI is InChI=1S/C16H21NO/c1-12(2)11-15(18)9-8-14-6-3-5-13-7-4-10-17-16(13)14/h3-7,10,12,15,18H,8-9,11H2,1-2H3. The summed E-state index contributed by atoms with van der Waals surface area (Å²) in [7, 11) is 0. The first-order valence-corrected chi connectivity index (χ1v) is 6.67. The van der Waals surface area contributed by atoms with Gasteiger partial charge in [-0.25, -0.2) is 0 Å². The molecule has 0 aliphatic heterocycles. The van der Waals surface area contributed by atoms with Crippen LogP contribution in [0.5, 0.6) is 0 Å². The second-order valence-electron chi connectivity index (χ2n) is 5.31. The number of hydrogen-bond acceptors (Lipinski definition) is 2. The molecule has 96 valence electrons. The molecule has 1 aromatic heterocycles. The van der Waals surface area contributed by atoms with Crippen molar-refractivity contribution in [2.75, 3.05) is 0 Å². The molecule has 1 heterocycles. The number of aryl methyl sites for hydroxylation is 1. The van der Waals surface area contributed by atoms with E-state index >= 15 is 0 Å². The van der Waals surface area contributed by atoms with Crippen LogP contribution in [-0.4, -0.2) is 16.2 Å².